The Kier molecular flexibility index (Phi) is 10.6. The van der Waals surface area contributed by atoms with Gasteiger partial charge in [0.15, 0.2) is 0 Å². The van der Waals surface area contributed by atoms with E-state index in [1.807, 2.05) is 0 Å². The molecule has 5 rings (SSSR count). The van der Waals surface area contributed by atoms with Crippen LogP contribution in [-0.2, 0) is 23.2 Å². The Bertz CT molecular complexity index is 1410. The molecule has 2 fully saturated rings. The van der Waals surface area contributed by atoms with E-state index in [1.54, 1.807) is 0 Å². The second-order valence-electron chi connectivity index (χ2n) is 15.0. The van der Waals surface area contributed by atoms with Gasteiger partial charge in [-0.2, -0.15) is 5.10 Å². The fourth-order valence-electron chi connectivity index (χ4n) is 7.81. The van der Waals surface area contributed by atoms with Gasteiger partial charge in [-0.15, -0.1) is 0 Å². The number of carboxylic acid groups (broad SMARTS) is 1. The lowest BCUT2D eigenvalue weighted by Crippen LogP contribution is -2.45. The number of carbonyl (C=O) groups is 1. The largest absolute Gasteiger partial charge is 0.480 e. The van der Waals surface area contributed by atoms with E-state index in [9.17, 15) is 9.90 Å². The molecule has 6 heteroatoms. The molecule has 1 N–H and O–H groups in total. The van der Waals surface area contributed by atoms with Gasteiger partial charge in [0, 0.05) is 50.1 Å². The van der Waals surface area contributed by atoms with Crippen molar-refractivity contribution in [1.82, 2.24) is 19.6 Å². The Hall–Kier alpha value is -2.96. The van der Waals surface area contributed by atoms with Gasteiger partial charge in [0.05, 0.1) is 5.69 Å². The fourth-order valence-corrected chi connectivity index (χ4v) is 7.81. The van der Waals surface area contributed by atoms with Gasteiger partial charge in [0.2, 0.25) is 0 Å². The highest BCUT2D eigenvalue weighted by Crippen LogP contribution is 2.38. The first-order valence-electron chi connectivity index (χ1n) is 17.4. The third-order valence-corrected chi connectivity index (χ3v) is 10.6. The SMILES string of the molecule is CCC(C)C(C(=O)O)N1CC(CN2CCC(c3cc(Cc4ccc(C(C)(C)C)cc4)nn3CC)CC2)C(c2cccc(C)c2)C1. The van der Waals surface area contributed by atoms with Crippen molar-refractivity contribution in [2.24, 2.45) is 11.8 Å². The summed E-state index contributed by atoms with van der Waals surface area (Å²) in [4.78, 5) is 17.3. The van der Waals surface area contributed by atoms with Crippen molar-refractivity contribution in [3.05, 3.63) is 88.2 Å². The lowest BCUT2D eigenvalue weighted by molar-refractivity contribution is -0.145. The quantitative estimate of drug-likeness (QED) is 0.243. The maximum atomic E-state index is 12.4. The van der Waals surface area contributed by atoms with Crippen molar-refractivity contribution in [3.63, 3.8) is 0 Å². The van der Waals surface area contributed by atoms with E-state index < -0.39 is 12.0 Å². The van der Waals surface area contributed by atoms with Gasteiger partial charge in [0.25, 0.3) is 0 Å². The van der Waals surface area contributed by atoms with Crippen LogP contribution in [0.1, 0.15) is 106 Å². The van der Waals surface area contributed by atoms with Crippen molar-refractivity contribution >= 4 is 5.97 Å². The van der Waals surface area contributed by atoms with Crippen LogP contribution in [0.5, 0.6) is 0 Å². The minimum atomic E-state index is -0.678. The average Bonchev–Trinajstić information content (AvgIpc) is 3.61. The zero-order chi connectivity index (χ0) is 32.3. The van der Waals surface area contributed by atoms with Crippen LogP contribution in [0.2, 0.25) is 0 Å². The number of hydrogen-bond donors (Lipinski definition) is 1. The first-order chi connectivity index (χ1) is 21.5. The third-order valence-electron chi connectivity index (χ3n) is 10.6. The van der Waals surface area contributed by atoms with Crippen LogP contribution in [0.4, 0.5) is 0 Å². The zero-order valence-electron chi connectivity index (χ0n) is 28.8. The Morgan fingerprint density at radius 1 is 1.02 bits per heavy atom. The summed E-state index contributed by atoms with van der Waals surface area (Å²) < 4.78 is 2.24. The molecular weight excluding hydrogens is 556 g/mol. The summed E-state index contributed by atoms with van der Waals surface area (Å²) in [6.07, 6.45) is 4.03. The van der Waals surface area contributed by atoms with E-state index in [-0.39, 0.29) is 11.3 Å². The average molecular weight is 613 g/mol. The molecule has 4 unspecified atom stereocenters. The number of carboxylic acids is 1. The molecule has 2 saturated heterocycles. The summed E-state index contributed by atoms with van der Waals surface area (Å²) in [5.41, 5.74) is 8.04. The summed E-state index contributed by atoms with van der Waals surface area (Å²) in [7, 11) is 0. The molecule has 3 heterocycles. The molecule has 2 aromatic carbocycles. The summed E-state index contributed by atoms with van der Waals surface area (Å²) in [5, 5.41) is 15.2. The summed E-state index contributed by atoms with van der Waals surface area (Å²) in [5.74, 6) is 0.760. The Morgan fingerprint density at radius 3 is 2.33 bits per heavy atom. The molecule has 0 amide bonds. The van der Waals surface area contributed by atoms with E-state index in [1.165, 1.54) is 33.6 Å². The number of piperidine rings is 1. The maximum Gasteiger partial charge on any atom is 0.321 e. The fraction of sp³-hybridized carbons (Fsp3) is 0.590. The molecule has 2 aliphatic heterocycles. The van der Waals surface area contributed by atoms with Gasteiger partial charge in [-0.05, 0) is 79.8 Å². The van der Waals surface area contributed by atoms with Crippen molar-refractivity contribution in [2.45, 2.75) is 104 Å². The Balaban J connectivity index is 1.25. The van der Waals surface area contributed by atoms with Crippen molar-refractivity contribution in [2.75, 3.05) is 32.7 Å². The van der Waals surface area contributed by atoms with Crippen LogP contribution >= 0.6 is 0 Å². The monoisotopic (exact) mass is 612 g/mol. The van der Waals surface area contributed by atoms with E-state index in [0.29, 0.717) is 17.8 Å². The Morgan fingerprint density at radius 2 is 1.73 bits per heavy atom. The molecule has 0 bridgehead atoms. The van der Waals surface area contributed by atoms with Crippen LogP contribution in [0, 0.1) is 18.8 Å². The lowest BCUT2D eigenvalue weighted by atomic mass is 9.86. The van der Waals surface area contributed by atoms with E-state index in [2.05, 4.69) is 118 Å². The van der Waals surface area contributed by atoms with Gasteiger partial charge in [-0.3, -0.25) is 14.4 Å². The highest BCUT2D eigenvalue weighted by Gasteiger charge is 2.42. The van der Waals surface area contributed by atoms with Crippen LogP contribution < -0.4 is 0 Å². The van der Waals surface area contributed by atoms with Gasteiger partial charge in [-0.25, -0.2) is 0 Å². The molecule has 0 saturated carbocycles. The topological polar surface area (TPSA) is 61.6 Å². The molecule has 45 heavy (non-hydrogen) atoms. The first-order valence-corrected chi connectivity index (χ1v) is 17.4. The number of likely N-dealkylation sites (tertiary alicyclic amines) is 2. The number of aromatic nitrogens is 2. The molecule has 1 aromatic heterocycles. The molecule has 4 atom stereocenters. The highest BCUT2D eigenvalue weighted by atomic mass is 16.4. The molecular formula is C39H56N4O2. The van der Waals surface area contributed by atoms with E-state index >= 15 is 0 Å². The van der Waals surface area contributed by atoms with Crippen molar-refractivity contribution < 1.29 is 9.90 Å². The van der Waals surface area contributed by atoms with Crippen LogP contribution in [-0.4, -0.2) is 69.4 Å². The number of benzene rings is 2. The molecule has 6 nitrogen and oxygen atoms in total. The second-order valence-corrected chi connectivity index (χ2v) is 15.0. The van der Waals surface area contributed by atoms with Crippen LogP contribution in [0.15, 0.2) is 54.6 Å². The van der Waals surface area contributed by atoms with Crippen LogP contribution in [0.3, 0.4) is 0 Å². The minimum absolute atomic E-state index is 0.131. The number of nitrogens with zero attached hydrogens (tertiary/aromatic N) is 4. The zero-order valence-corrected chi connectivity index (χ0v) is 28.8. The lowest BCUT2D eigenvalue weighted by Gasteiger charge is -2.35. The van der Waals surface area contributed by atoms with Gasteiger partial charge in [0.1, 0.15) is 6.04 Å². The van der Waals surface area contributed by atoms with Gasteiger partial charge in [-0.1, -0.05) is 95.1 Å². The van der Waals surface area contributed by atoms with Crippen molar-refractivity contribution in [1.29, 1.82) is 0 Å². The van der Waals surface area contributed by atoms with Gasteiger partial charge < -0.3 is 10.0 Å². The predicted octanol–water partition coefficient (Wildman–Crippen LogP) is 7.49. The predicted molar refractivity (Wildman–Crippen MR) is 184 cm³/mol. The normalized spacial score (nSPS) is 21.7. The molecule has 0 spiro atoms. The molecule has 0 radical (unpaired) electrons. The molecule has 244 valence electrons. The maximum absolute atomic E-state index is 12.4. The smallest absolute Gasteiger partial charge is 0.321 e. The van der Waals surface area contributed by atoms with Gasteiger partial charge >= 0.3 is 5.97 Å². The Labute approximate surface area is 271 Å². The summed E-state index contributed by atoms with van der Waals surface area (Å²) in [6.45, 7) is 21.1. The third kappa shape index (κ3) is 7.89. The summed E-state index contributed by atoms with van der Waals surface area (Å²) in [6, 6.07) is 19.9. The highest BCUT2D eigenvalue weighted by molar-refractivity contribution is 5.74. The first kappa shape index (κ1) is 33.4. The van der Waals surface area contributed by atoms with E-state index in [0.717, 1.165) is 65.0 Å². The molecule has 2 aliphatic rings. The minimum Gasteiger partial charge on any atom is -0.480 e. The number of aryl methyl sites for hydroxylation is 2. The summed E-state index contributed by atoms with van der Waals surface area (Å²) >= 11 is 0. The van der Waals surface area contributed by atoms with Crippen molar-refractivity contribution in [3.8, 4) is 0 Å². The standard InChI is InChI=1S/C39H56N4O2/c1-8-28(4)37(38(44)45)42-25-32(35(26-42)31-12-10-11-27(3)21-31)24-41-19-17-30(18-20-41)36-23-34(40-43(36)9-2)22-29-13-15-33(16-14-29)39(5,6)7/h10-16,21,23,28,30,32,35,37H,8-9,17-20,22,24-26H2,1-7H3,(H,44,45). The molecule has 3 aromatic rings. The number of rotatable bonds is 11. The number of aliphatic carboxylic acids is 1. The molecule has 0 aliphatic carbocycles. The second kappa shape index (κ2) is 14.2. The number of hydrogen-bond acceptors (Lipinski definition) is 4. The van der Waals surface area contributed by atoms with Crippen LogP contribution in [0.25, 0.3) is 0 Å². The van der Waals surface area contributed by atoms with E-state index in [4.69, 9.17) is 5.10 Å².